The number of esters is 1. The number of rotatable bonds is 16. The number of pyridine rings is 1. The van der Waals surface area contributed by atoms with E-state index in [9.17, 15) is 9.59 Å². The van der Waals surface area contributed by atoms with Crippen LogP contribution in [-0.4, -0.2) is 53.3 Å². The topological polar surface area (TPSA) is 78.0 Å². The Morgan fingerprint density at radius 3 is 2.43 bits per heavy atom. The second-order valence-electron chi connectivity index (χ2n) is 12.5. The molecule has 1 fully saturated rings. The van der Waals surface area contributed by atoms with E-state index in [0.29, 0.717) is 32.6 Å². The van der Waals surface area contributed by atoms with Crippen molar-refractivity contribution in [1.29, 1.82) is 0 Å². The molecule has 0 N–H and O–H groups in total. The first-order valence-corrected chi connectivity index (χ1v) is 15.9. The van der Waals surface area contributed by atoms with Gasteiger partial charge in [0.2, 0.25) is 0 Å². The molecule has 7 heteroatoms. The number of hydrogen-bond donors (Lipinski definition) is 0. The smallest absolute Gasteiger partial charge is 0.410 e. The second kappa shape index (κ2) is 17.3. The molecular formula is C35H52N2O5. The number of aromatic nitrogens is 1. The number of hydrogen-bond acceptors (Lipinski definition) is 6. The minimum absolute atomic E-state index is 0.105. The molecule has 2 aromatic rings. The summed E-state index contributed by atoms with van der Waals surface area (Å²) in [5.74, 6) is -0.130. The monoisotopic (exact) mass is 580 g/mol. The number of benzene rings is 1. The van der Waals surface area contributed by atoms with Gasteiger partial charge in [0.25, 0.3) is 0 Å². The van der Waals surface area contributed by atoms with E-state index in [-0.39, 0.29) is 30.1 Å². The van der Waals surface area contributed by atoms with Crippen molar-refractivity contribution in [3.05, 3.63) is 65.5 Å². The van der Waals surface area contributed by atoms with Crippen molar-refractivity contribution in [1.82, 2.24) is 9.88 Å². The summed E-state index contributed by atoms with van der Waals surface area (Å²) in [6, 6.07) is 12.6. The highest BCUT2D eigenvalue weighted by molar-refractivity contribution is 5.69. The maximum Gasteiger partial charge on any atom is 0.410 e. The molecule has 7 nitrogen and oxygen atoms in total. The van der Waals surface area contributed by atoms with Gasteiger partial charge >= 0.3 is 12.1 Å². The lowest BCUT2D eigenvalue weighted by Gasteiger charge is -2.31. The van der Waals surface area contributed by atoms with E-state index in [1.54, 1.807) is 12.4 Å². The predicted molar refractivity (Wildman–Crippen MR) is 166 cm³/mol. The molecule has 1 aromatic carbocycles. The Labute approximate surface area is 253 Å². The summed E-state index contributed by atoms with van der Waals surface area (Å²) in [6.45, 7) is 10.9. The average Bonchev–Trinajstić information content (AvgIpc) is 3.38. The zero-order chi connectivity index (χ0) is 30.4. The van der Waals surface area contributed by atoms with Crippen molar-refractivity contribution in [3.63, 3.8) is 0 Å². The van der Waals surface area contributed by atoms with Crippen LogP contribution in [0.2, 0.25) is 0 Å². The lowest BCUT2D eigenvalue weighted by atomic mass is 9.91. The summed E-state index contributed by atoms with van der Waals surface area (Å²) in [4.78, 5) is 30.8. The van der Waals surface area contributed by atoms with Gasteiger partial charge in [0.15, 0.2) is 0 Å². The van der Waals surface area contributed by atoms with Gasteiger partial charge in [-0.25, -0.2) is 4.79 Å². The van der Waals surface area contributed by atoms with Gasteiger partial charge in [0.1, 0.15) is 11.7 Å². The van der Waals surface area contributed by atoms with Crippen LogP contribution in [0, 0.1) is 0 Å². The third kappa shape index (κ3) is 11.4. The molecule has 1 aromatic heterocycles. The van der Waals surface area contributed by atoms with Gasteiger partial charge in [-0.1, -0.05) is 69.4 Å². The van der Waals surface area contributed by atoms with Gasteiger partial charge in [0.05, 0.1) is 12.6 Å². The maximum absolute atomic E-state index is 13.1. The van der Waals surface area contributed by atoms with Gasteiger partial charge in [-0.3, -0.25) is 9.78 Å². The largest absolute Gasteiger partial charge is 0.458 e. The average molecular weight is 581 g/mol. The first-order valence-electron chi connectivity index (χ1n) is 15.9. The van der Waals surface area contributed by atoms with Crippen molar-refractivity contribution in [2.45, 2.75) is 122 Å². The molecule has 1 saturated heterocycles. The number of amides is 1. The number of unbranched alkanes of at least 4 members (excludes halogenated alkanes) is 5. The molecule has 0 bridgehead atoms. The number of aryl methyl sites for hydroxylation is 1. The van der Waals surface area contributed by atoms with Gasteiger partial charge in [-0.2, -0.15) is 0 Å². The summed E-state index contributed by atoms with van der Waals surface area (Å²) in [5.41, 5.74) is 2.93. The minimum Gasteiger partial charge on any atom is -0.458 e. The quantitative estimate of drug-likeness (QED) is 0.147. The van der Waals surface area contributed by atoms with Crippen LogP contribution in [-0.2, 0) is 25.4 Å². The number of ether oxygens (including phenoxy) is 3. The Kier molecular flexibility index (Phi) is 13.8. The van der Waals surface area contributed by atoms with E-state index >= 15 is 0 Å². The highest BCUT2D eigenvalue weighted by Gasteiger charge is 2.40. The lowest BCUT2D eigenvalue weighted by Crippen LogP contribution is -2.43. The van der Waals surface area contributed by atoms with Crippen molar-refractivity contribution in [2.75, 3.05) is 19.8 Å². The van der Waals surface area contributed by atoms with Crippen LogP contribution in [0.15, 0.2) is 48.8 Å². The summed E-state index contributed by atoms with van der Waals surface area (Å²) in [5, 5.41) is 0. The molecule has 42 heavy (non-hydrogen) atoms. The molecule has 1 aliphatic heterocycles. The lowest BCUT2D eigenvalue weighted by molar-refractivity contribution is -0.147. The summed E-state index contributed by atoms with van der Waals surface area (Å²) < 4.78 is 17.5. The maximum atomic E-state index is 13.1. The Morgan fingerprint density at radius 1 is 1.02 bits per heavy atom. The fourth-order valence-electron chi connectivity index (χ4n) is 5.67. The molecule has 0 radical (unpaired) electrons. The first kappa shape index (κ1) is 33.6. The SMILES string of the molecule is CCCCCCCCc1ccc([C@H]2CCN(C(=O)OC(C)(C)C)[C@@H]2COCCCC(OC(C)=O)c2cccnc2)cc1. The Morgan fingerprint density at radius 2 is 1.76 bits per heavy atom. The molecule has 1 aliphatic rings. The molecular weight excluding hydrogens is 528 g/mol. The molecule has 1 unspecified atom stereocenters. The van der Waals surface area contributed by atoms with E-state index in [2.05, 4.69) is 36.2 Å². The van der Waals surface area contributed by atoms with E-state index in [1.807, 2.05) is 37.8 Å². The van der Waals surface area contributed by atoms with Crippen LogP contribution in [0.5, 0.6) is 0 Å². The predicted octanol–water partition coefficient (Wildman–Crippen LogP) is 8.18. The molecule has 1 amide bonds. The van der Waals surface area contributed by atoms with Crippen molar-refractivity contribution in [2.24, 2.45) is 0 Å². The second-order valence-corrected chi connectivity index (χ2v) is 12.5. The summed E-state index contributed by atoms with van der Waals surface area (Å²) in [6.07, 6.45) is 13.9. The van der Waals surface area contributed by atoms with Gasteiger partial charge in [-0.15, -0.1) is 0 Å². The van der Waals surface area contributed by atoms with E-state index in [1.165, 1.54) is 56.6 Å². The molecule has 3 rings (SSSR count). The van der Waals surface area contributed by atoms with Crippen LogP contribution < -0.4 is 0 Å². The third-order valence-electron chi connectivity index (χ3n) is 7.81. The fraction of sp³-hybridized carbons (Fsp3) is 0.629. The molecule has 3 atom stereocenters. The standard InChI is InChI=1S/C35H52N2O5/c1-6-7-8-9-10-11-14-28-17-19-29(20-18-28)31-21-23-37(34(39)42-35(3,4)5)32(31)26-40-24-13-16-33(41-27(2)38)30-15-12-22-36-25-30/h12,15,17-20,22,25,31-33H,6-11,13-14,16,21,23-24,26H2,1-5H3/t31-,32-,33?/m1/s1. The molecule has 232 valence electrons. The van der Waals surface area contributed by atoms with E-state index in [0.717, 1.165) is 18.4 Å². The highest BCUT2D eigenvalue weighted by atomic mass is 16.6. The zero-order valence-electron chi connectivity index (χ0n) is 26.5. The molecule has 2 heterocycles. The highest BCUT2D eigenvalue weighted by Crippen LogP contribution is 2.35. The number of carbonyl (C=O) groups excluding carboxylic acids is 2. The Balaban J connectivity index is 1.59. The first-order chi connectivity index (χ1) is 20.2. The van der Waals surface area contributed by atoms with Crippen LogP contribution in [0.1, 0.15) is 121 Å². The fourth-order valence-corrected chi connectivity index (χ4v) is 5.67. The number of carbonyl (C=O) groups is 2. The molecule has 0 saturated carbocycles. The molecule has 0 spiro atoms. The number of nitrogens with zero attached hydrogens (tertiary/aromatic N) is 2. The third-order valence-corrected chi connectivity index (χ3v) is 7.81. The number of likely N-dealkylation sites (tertiary alicyclic amines) is 1. The van der Waals surface area contributed by atoms with Gasteiger partial charge in [0, 0.05) is 44.0 Å². The molecule has 0 aliphatic carbocycles. The van der Waals surface area contributed by atoms with Crippen LogP contribution >= 0.6 is 0 Å². The van der Waals surface area contributed by atoms with Crippen molar-refractivity contribution >= 4 is 12.1 Å². The van der Waals surface area contributed by atoms with Crippen molar-refractivity contribution in [3.8, 4) is 0 Å². The van der Waals surface area contributed by atoms with Gasteiger partial charge in [-0.05, 0) is 70.1 Å². The normalized spacial score (nSPS) is 17.7. The van der Waals surface area contributed by atoms with E-state index in [4.69, 9.17) is 14.2 Å². The summed E-state index contributed by atoms with van der Waals surface area (Å²) >= 11 is 0. The Hall–Kier alpha value is -2.93. The zero-order valence-corrected chi connectivity index (χ0v) is 26.5. The van der Waals surface area contributed by atoms with Crippen LogP contribution in [0.4, 0.5) is 4.79 Å². The van der Waals surface area contributed by atoms with Gasteiger partial charge < -0.3 is 19.1 Å². The van der Waals surface area contributed by atoms with Crippen LogP contribution in [0.3, 0.4) is 0 Å². The Bertz CT molecular complexity index is 1070. The minimum atomic E-state index is -0.559. The van der Waals surface area contributed by atoms with E-state index < -0.39 is 5.60 Å². The summed E-state index contributed by atoms with van der Waals surface area (Å²) in [7, 11) is 0. The van der Waals surface area contributed by atoms with Crippen LogP contribution in [0.25, 0.3) is 0 Å². The van der Waals surface area contributed by atoms with Crippen molar-refractivity contribution < 1.29 is 23.8 Å².